The summed E-state index contributed by atoms with van der Waals surface area (Å²) in [6.45, 7) is 8.27. The molecule has 0 saturated carbocycles. The van der Waals surface area contributed by atoms with Crippen molar-refractivity contribution in [2.45, 2.75) is 33.1 Å². The molecular formula is C23H24N2O4. The van der Waals surface area contributed by atoms with Gasteiger partial charge in [-0.1, -0.05) is 51.1 Å². The minimum atomic E-state index is -0.575. The molecule has 0 spiro atoms. The van der Waals surface area contributed by atoms with Crippen LogP contribution < -0.4 is 4.74 Å². The molecule has 0 aliphatic rings. The predicted octanol–water partition coefficient (Wildman–Crippen LogP) is 4.57. The van der Waals surface area contributed by atoms with Crippen molar-refractivity contribution in [3.05, 3.63) is 77.5 Å². The van der Waals surface area contributed by atoms with Crippen LogP contribution >= 0.6 is 0 Å². The van der Waals surface area contributed by atoms with Gasteiger partial charge in [0.25, 0.3) is 0 Å². The second-order valence-corrected chi connectivity index (χ2v) is 7.55. The summed E-state index contributed by atoms with van der Waals surface area (Å²) in [5.41, 5.74) is 2.25. The van der Waals surface area contributed by atoms with E-state index in [2.05, 4.69) is 25.9 Å². The average Bonchev–Trinajstić information content (AvgIpc) is 3.12. The summed E-state index contributed by atoms with van der Waals surface area (Å²) in [6.07, 6.45) is 0. The third-order valence-corrected chi connectivity index (χ3v) is 4.35. The number of carbonyl (C=O) groups excluding carboxylic acids is 2. The summed E-state index contributed by atoms with van der Waals surface area (Å²) >= 11 is 0. The van der Waals surface area contributed by atoms with Crippen molar-refractivity contribution >= 4 is 11.9 Å². The Morgan fingerprint density at radius 2 is 1.62 bits per heavy atom. The van der Waals surface area contributed by atoms with Gasteiger partial charge in [-0.25, -0.2) is 9.59 Å². The van der Waals surface area contributed by atoms with Crippen LogP contribution in [0.3, 0.4) is 0 Å². The minimum Gasteiger partial charge on any atom is -0.461 e. The second-order valence-electron chi connectivity index (χ2n) is 7.55. The van der Waals surface area contributed by atoms with E-state index >= 15 is 0 Å². The van der Waals surface area contributed by atoms with Gasteiger partial charge in [-0.2, -0.15) is 9.78 Å². The molecule has 1 heterocycles. The molecule has 6 heteroatoms. The van der Waals surface area contributed by atoms with Crippen LogP contribution in [0.2, 0.25) is 0 Å². The highest BCUT2D eigenvalue weighted by atomic mass is 16.5. The number of benzene rings is 2. The van der Waals surface area contributed by atoms with Crippen LogP contribution in [0.25, 0.3) is 5.69 Å². The summed E-state index contributed by atoms with van der Waals surface area (Å²) in [5.74, 6) is -0.962. The molecule has 0 saturated heterocycles. The lowest BCUT2D eigenvalue weighted by Crippen LogP contribution is -2.14. The molecule has 0 bridgehead atoms. The van der Waals surface area contributed by atoms with E-state index in [0.29, 0.717) is 11.3 Å². The van der Waals surface area contributed by atoms with Gasteiger partial charge in [0.05, 0.1) is 17.9 Å². The van der Waals surface area contributed by atoms with Gasteiger partial charge in [-0.3, -0.25) is 0 Å². The Hall–Kier alpha value is -3.41. The molecule has 0 aliphatic heterocycles. The van der Waals surface area contributed by atoms with Gasteiger partial charge in [-0.05, 0) is 42.2 Å². The van der Waals surface area contributed by atoms with Crippen LogP contribution in [0.1, 0.15) is 54.1 Å². The van der Waals surface area contributed by atoms with Gasteiger partial charge in [0.15, 0.2) is 5.69 Å². The number of esters is 2. The zero-order valence-electron chi connectivity index (χ0n) is 17.0. The number of aromatic nitrogens is 2. The van der Waals surface area contributed by atoms with E-state index in [1.807, 2.05) is 30.3 Å². The number of ether oxygens (including phenoxy) is 2. The second kappa shape index (κ2) is 8.31. The number of para-hydroxylation sites is 1. The number of carbonyl (C=O) groups is 2. The topological polar surface area (TPSA) is 70.4 Å². The molecular weight excluding hydrogens is 368 g/mol. The smallest absolute Gasteiger partial charge is 0.358 e. The molecule has 0 amide bonds. The normalized spacial score (nSPS) is 11.2. The van der Waals surface area contributed by atoms with Crippen LogP contribution in [-0.4, -0.2) is 28.3 Å². The van der Waals surface area contributed by atoms with Crippen LogP contribution in [0.15, 0.2) is 60.7 Å². The summed E-state index contributed by atoms with van der Waals surface area (Å²) in [7, 11) is 0. The van der Waals surface area contributed by atoms with Gasteiger partial charge in [0, 0.05) is 6.07 Å². The highest BCUT2D eigenvalue weighted by molar-refractivity contribution is 5.92. The molecule has 0 fully saturated rings. The highest BCUT2D eigenvalue weighted by Crippen LogP contribution is 2.24. The van der Waals surface area contributed by atoms with E-state index in [-0.39, 0.29) is 23.6 Å². The van der Waals surface area contributed by atoms with Crippen molar-refractivity contribution < 1.29 is 19.1 Å². The van der Waals surface area contributed by atoms with E-state index in [4.69, 9.17) is 9.47 Å². The molecule has 0 aliphatic carbocycles. The Labute approximate surface area is 170 Å². The summed E-state index contributed by atoms with van der Waals surface area (Å²) in [4.78, 5) is 24.8. The number of hydrogen-bond donors (Lipinski definition) is 0. The molecule has 6 nitrogen and oxygen atoms in total. The van der Waals surface area contributed by atoms with Crippen LogP contribution in [0, 0.1) is 0 Å². The zero-order valence-corrected chi connectivity index (χ0v) is 17.0. The summed E-state index contributed by atoms with van der Waals surface area (Å²) in [5, 5.41) is 4.26. The molecule has 0 N–H and O–H groups in total. The zero-order chi connectivity index (χ0) is 21.0. The molecule has 2 aromatic carbocycles. The lowest BCUT2D eigenvalue weighted by molar-refractivity contribution is 0.0518. The fourth-order valence-corrected chi connectivity index (χ4v) is 2.76. The van der Waals surface area contributed by atoms with Crippen molar-refractivity contribution in [3.8, 4) is 11.6 Å². The maximum atomic E-state index is 12.7. The maximum absolute atomic E-state index is 12.7. The van der Waals surface area contributed by atoms with Gasteiger partial charge >= 0.3 is 11.9 Å². The Morgan fingerprint density at radius 3 is 2.21 bits per heavy atom. The van der Waals surface area contributed by atoms with Crippen LogP contribution in [0.4, 0.5) is 0 Å². The van der Waals surface area contributed by atoms with E-state index in [1.165, 1.54) is 10.7 Å². The summed E-state index contributed by atoms with van der Waals surface area (Å²) < 4.78 is 12.0. The van der Waals surface area contributed by atoms with Crippen LogP contribution in [0.5, 0.6) is 5.88 Å². The van der Waals surface area contributed by atoms with Crippen molar-refractivity contribution in [2.75, 3.05) is 6.61 Å². The Morgan fingerprint density at radius 1 is 0.966 bits per heavy atom. The van der Waals surface area contributed by atoms with Crippen LogP contribution in [-0.2, 0) is 10.2 Å². The van der Waals surface area contributed by atoms with E-state index in [1.54, 1.807) is 31.2 Å². The van der Waals surface area contributed by atoms with Crippen molar-refractivity contribution in [1.29, 1.82) is 0 Å². The Bertz CT molecular complexity index is 1000. The average molecular weight is 392 g/mol. The first-order valence-electron chi connectivity index (χ1n) is 9.45. The lowest BCUT2D eigenvalue weighted by Gasteiger charge is -2.18. The van der Waals surface area contributed by atoms with Gasteiger partial charge in [0.2, 0.25) is 5.88 Å². The minimum absolute atomic E-state index is 0.0110. The third kappa shape index (κ3) is 4.71. The largest absolute Gasteiger partial charge is 0.461 e. The molecule has 0 unspecified atom stereocenters. The predicted molar refractivity (Wildman–Crippen MR) is 110 cm³/mol. The SMILES string of the molecule is CCOC(=O)c1cc(OC(=O)c2ccc(C(C)(C)C)cc2)n(-c2ccccc2)n1. The fourth-order valence-electron chi connectivity index (χ4n) is 2.76. The van der Waals surface area contributed by atoms with Gasteiger partial charge < -0.3 is 9.47 Å². The van der Waals surface area contributed by atoms with E-state index < -0.39 is 11.9 Å². The van der Waals surface area contributed by atoms with Gasteiger partial charge in [0.1, 0.15) is 0 Å². The molecule has 1 aromatic heterocycles. The maximum Gasteiger partial charge on any atom is 0.358 e. The van der Waals surface area contributed by atoms with Crippen molar-refractivity contribution in [1.82, 2.24) is 9.78 Å². The molecule has 29 heavy (non-hydrogen) atoms. The highest BCUT2D eigenvalue weighted by Gasteiger charge is 2.21. The first-order chi connectivity index (χ1) is 13.8. The fraction of sp³-hybridized carbons (Fsp3) is 0.261. The number of rotatable bonds is 5. The third-order valence-electron chi connectivity index (χ3n) is 4.35. The van der Waals surface area contributed by atoms with E-state index in [9.17, 15) is 9.59 Å². The van der Waals surface area contributed by atoms with E-state index in [0.717, 1.165) is 5.56 Å². The number of hydrogen-bond acceptors (Lipinski definition) is 5. The number of nitrogens with zero attached hydrogens (tertiary/aromatic N) is 2. The standard InChI is InChI=1S/C23H24N2O4/c1-5-28-22(27)19-15-20(25(24-19)18-9-7-6-8-10-18)29-21(26)16-11-13-17(14-12-16)23(2,3)4/h6-15H,5H2,1-4H3. The lowest BCUT2D eigenvalue weighted by atomic mass is 9.87. The molecule has 0 atom stereocenters. The molecule has 3 aromatic rings. The summed E-state index contributed by atoms with van der Waals surface area (Å²) in [6, 6.07) is 17.8. The quantitative estimate of drug-likeness (QED) is 0.595. The molecule has 0 radical (unpaired) electrons. The first kappa shape index (κ1) is 20.3. The van der Waals surface area contributed by atoms with Crippen molar-refractivity contribution in [3.63, 3.8) is 0 Å². The first-order valence-corrected chi connectivity index (χ1v) is 9.45. The van der Waals surface area contributed by atoms with Gasteiger partial charge in [-0.15, -0.1) is 0 Å². The molecule has 3 rings (SSSR count). The molecule has 150 valence electrons. The Balaban J connectivity index is 1.91. The Kier molecular flexibility index (Phi) is 5.82. The van der Waals surface area contributed by atoms with Crippen molar-refractivity contribution in [2.24, 2.45) is 0 Å². The monoisotopic (exact) mass is 392 g/mol.